The quantitative estimate of drug-likeness (QED) is 0.807. The van der Waals surface area contributed by atoms with Gasteiger partial charge in [-0.1, -0.05) is 0 Å². The Balaban J connectivity index is 2.79. The zero-order valence-corrected chi connectivity index (χ0v) is 11.7. The van der Waals surface area contributed by atoms with E-state index in [0.717, 1.165) is 0 Å². The van der Waals surface area contributed by atoms with Crippen LogP contribution in [-0.2, 0) is 14.2 Å². The van der Waals surface area contributed by atoms with E-state index >= 15 is 0 Å². The van der Waals surface area contributed by atoms with Crippen LogP contribution in [0.2, 0.25) is 0 Å². The van der Waals surface area contributed by atoms with E-state index in [4.69, 9.17) is 14.2 Å². The van der Waals surface area contributed by atoms with Gasteiger partial charge in [0.1, 0.15) is 17.8 Å². The Bertz CT molecular complexity index is 289. The first-order chi connectivity index (χ1) is 8.34. The summed E-state index contributed by atoms with van der Waals surface area (Å²) in [6.45, 7) is 5.58. The molecule has 18 heavy (non-hydrogen) atoms. The Morgan fingerprint density at radius 2 is 1.94 bits per heavy atom. The number of hydrogen-bond donors (Lipinski definition) is 1. The van der Waals surface area contributed by atoms with Crippen molar-refractivity contribution in [3.63, 3.8) is 0 Å². The number of aliphatic hydroxyl groups excluding tert-OH is 1. The van der Waals surface area contributed by atoms with Gasteiger partial charge in [-0.25, -0.2) is 4.79 Å². The van der Waals surface area contributed by atoms with Crippen LogP contribution in [0.4, 0.5) is 4.79 Å². The molecular weight excluding hydrogens is 238 g/mol. The summed E-state index contributed by atoms with van der Waals surface area (Å²) in [7, 11) is 3.10. The Morgan fingerprint density at radius 1 is 1.33 bits per heavy atom. The van der Waals surface area contributed by atoms with Gasteiger partial charge in [0.25, 0.3) is 0 Å². The number of methoxy groups -OCH3 is 2. The molecule has 1 rings (SSSR count). The van der Waals surface area contributed by atoms with Gasteiger partial charge in [-0.05, 0) is 20.8 Å². The largest absolute Gasteiger partial charge is 0.444 e. The number of nitrogens with zero attached hydrogens (tertiary/aromatic N) is 1. The molecule has 0 spiro atoms. The van der Waals surface area contributed by atoms with E-state index in [1.165, 1.54) is 12.0 Å². The van der Waals surface area contributed by atoms with E-state index in [1.807, 2.05) is 0 Å². The molecule has 1 heterocycles. The SMILES string of the molecule is CO[C@H]1[C@@H](OC)CN(C(=O)OC(C)(C)C)[C@@H]1CO. The van der Waals surface area contributed by atoms with Crippen molar-refractivity contribution in [1.82, 2.24) is 4.90 Å². The highest BCUT2D eigenvalue weighted by Crippen LogP contribution is 2.25. The second kappa shape index (κ2) is 5.86. The molecule has 106 valence electrons. The fraction of sp³-hybridized carbons (Fsp3) is 0.917. The maximum atomic E-state index is 12.0. The maximum absolute atomic E-state index is 12.0. The van der Waals surface area contributed by atoms with E-state index < -0.39 is 17.7 Å². The van der Waals surface area contributed by atoms with Crippen molar-refractivity contribution in [2.75, 3.05) is 27.4 Å². The normalized spacial score (nSPS) is 28.6. The lowest BCUT2D eigenvalue weighted by Gasteiger charge is -2.28. The Labute approximate surface area is 108 Å². The van der Waals surface area contributed by atoms with E-state index in [2.05, 4.69) is 0 Å². The first-order valence-corrected chi connectivity index (χ1v) is 6.00. The molecular formula is C12H23NO5. The maximum Gasteiger partial charge on any atom is 0.410 e. The number of aliphatic hydroxyl groups is 1. The van der Waals surface area contributed by atoms with E-state index in [9.17, 15) is 9.90 Å². The second-order valence-corrected chi connectivity index (χ2v) is 5.36. The number of ether oxygens (including phenoxy) is 3. The lowest BCUT2D eigenvalue weighted by atomic mass is 10.1. The summed E-state index contributed by atoms with van der Waals surface area (Å²) in [5.74, 6) is 0. The average Bonchev–Trinajstić information content (AvgIpc) is 2.63. The van der Waals surface area contributed by atoms with Crippen LogP contribution in [0.5, 0.6) is 0 Å². The molecule has 0 bridgehead atoms. The van der Waals surface area contributed by atoms with Crippen molar-refractivity contribution in [3.05, 3.63) is 0 Å². The molecule has 0 aliphatic carbocycles. The number of likely N-dealkylation sites (tertiary alicyclic amines) is 1. The Hall–Kier alpha value is -0.850. The van der Waals surface area contributed by atoms with Crippen LogP contribution in [0.25, 0.3) is 0 Å². The zero-order chi connectivity index (χ0) is 13.9. The van der Waals surface area contributed by atoms with Crippen molar-refractivity contribution in [2.24, 2.45) is 0 Å². The van der Waals surface area contributed by atoms with Gasteiger partial charge < -0.3 is 19.3 Å². The highest BCUT2D eigenvalue weighted by Gasteiger charge is 2.45. The first-order valence-electron chi connectivity index (χ1n) is 6.00. The van der Waals surface area contributed by atoms with Crippen LogP contribution >= 0.6 is 0 Å². The Morgan fingerprint density at radius 3 is 2.33 bits per heavy atom. The molecule has 0 aromatic carbocycles. The fourth-order valence-electron chi connectivity index (χ4n) is 2.11. The van der Waals surface area contributed by atoms with Crippen molar-refractivity contribution in [1.29, 1.82) is 0 Å². The fourth-order valence-corrected chi connectivity index (χ4v) is 2.11. The minimum atomic E-state index is -0.565. The van der Waals surface area contributed by atoms with Gasteiger partial charge in [0, 0.05) is 14.2 Å². The van der Waals surface area contributed by atoms with E-state index in [0.29, 0.717) is 6.54 Å². The van der Waals surface area contributed by atoms with Gasteiger partial charge in [-0.15, -0.1) is 0 Å². The second-order valence-electron chi connectivity index (χ2n) is 5.36. The summed E-state index contributed by atoms with van der Waals surface area (Å²) < 4.78 is 15.9. The summed E-state index contributed by atoms with van der Waals surface area (Å²) in [6, 6.07) is -0.435. The predicted octanol–water partition coefficient (Wildman–Crippen LogP) is 0.628. The minimum Gasteiger partial charge on any atom is -0.444 e. The zero-order valence-electron chi connectivity index (χ0n) is 11.7. The molecule has 0 radical (unpaired) electrons. The molecule has 0 aromatic rings. The summed E-state index contributed by atoms with van der Waals surface area (Å²) in [4.78, 5) is 13.5. The third-order valence-electron chi connectivity index (χ3n) is 2.91. The van der Waals surface area contributed by atoms with Gasteiger partial charge >= 0.3 is 6.09 Å². The molecule has 3 atom stereocenters. The number of carbonyl (C=O) groups is 1. The smallest absolute Gasteiger partial charge is 0.410 e. The summed E-state index contributed by atoms with van der Waals surface area (Å²) in [6.07, 6.45) is -1.05. The molecule has 1 fully saturated rings. The summed E-state index contributed by atoms with van der Waals surface area (Å²) >= 11 is 0. The molecule has 1 saturated heterocycles. The van der Waals surface area contributed by atoms with Gasteiger partial charge in [-0.2, -0.15) is 0 Å². The summed E-state index contributed by atoms with van der Waals surface area (Å²) in [5, 5.41) is 9.41. The van der Waals surface area contributed by atoms with Crippen LogP contribution < -0.4 is 0 Å². The van der Waals surface area contributed by atoms with E-state index in [-0.39, 0.29) is 18.8 Å². The average molecular weight is 261 g/mol. The third-order valence-corrected chi connectivity index (χ3v) is 2.91. The van der Waals surface area contributed by atoms with E-state index in [1.54, 1.807) is 27.9 Å². The van der Waals surface area contributed by atoms with Crippen molar-refractivity contribution in [3.8, 4) is 0 Å². The van der Waals surface area contributed by atoms with Crippen LogP contribution in [0, 0.1) is 0 Å². The topological polar surface area (TPSA) is 68.2 Å². The molecule has 0 unspecified atom stereocenters. The standard InChI is InChI=1S/C12H23NO5/c1-12(2,3)18-11(15)13-6-9(16-4)10(17-5)8(13)7-14/h8-10,14H,6-7H2,1-5H3/t8-,9+,10-/m1/s1. The van der Waals surface area contributed by atoms with Crippen LogP contribution in [0.1, 0.15) is 20.8 Å². The number of hydrogen-bond acceptors (Lipinski definition) is 5. The Kier molecular flexibility index (Phi) is 4.95. The summed E-state index contributed by atoms with van der Waals surface area (Å²) in [5.41, 5.74) is -0.565. The molecule has 0 aromatic heterocycles. The van der Waals surface area contributed by atoms with Gasteiger partial charge in [-0.3, -0.25) is 4.90 Å². The molecule has 1 aliphatic heterocycles. The molecule has 1 N–H and O–H groups in total. The monoisotopic (exact) mass is 261 g/mol. The molecule has 6 nitrogen and oxygen atoms in total. The number of carbonyl (C=O) groups excluding carboxylic acids is 1. The van der Waals surface area contributed by atoms with Crippen LogP contribution in [0.15, 0.2) is 0 Å². The highest BCUT2D eigenvalue weighted by atomic mass is 16.6. The number of amides is 1. The van der Waals surface area contributed by atoms with Gasteiger partial charge in [0.15, 0.2) is 0 Å². The molecule has 6 heteroatoms. The van der Waals surface area contributed by atoms with Gasteiger partial charge in [0.2, 0.25) is 0 Å². The minimum absolute atomic E-state index is 0.183. The highest BCUT2D eigenvalue weighted by molar-refractivity contribution is 5.69. The molecule has 1 aliphatic rings. The molecule has 1 amide bonds. The number of rotatable bonds is 3. The van der Waals surface area contributed by atoms with Crippen molar-refractivity contribution in [2.45, 2.75) is 44.6 Å². The predicted molar refractivity (Wildman–Crippen MR) is 65.4 cm³/mol. The lowest BCUT2D eigenvalue weighted by Crippen LogP contribution is -2.45. The lowest BCUT2D eigenvalue weighted by molar-refractivity contribution is -0.0303. The van der Waals surface area contributed by atoms with Crippen LogP contribution in [0.3, 0.4) is 0 Å². The van der Waals surface area contributed by atoms with Crippen molar-refractivity contribution >= 4 is 6.09 Å². The first kappa shape index (κ1) is 15.2. The third kappa shape index (κ3) is 3.34. The van der Waals surface area contributed by atoms with Crippen molar-refractivity contribution < 1.29 is 24.1 Å². The van der Waals surface area contributed by atoms with Gasteiger partial charge in [0.05, 0.1) is 19.2 Å². The van der Waals surface area contributed by atoms with Crippen LogP contribution in [-0.4, -0.2) is 67.3 Å². The molecule has 0 saturated carbocycles.